The summed E-state index contributed by atoms with van der Waals surface area (Å²) in [6.07, 6.45) is -4.50. The predicted octanol–water partition coefficient (Wildman–Crippen LogP) is 5.55. The molecular weight excluding hydrogens is 389 g/mol. The molecular formula is C20H23F3N2O4. The number of benzene rings is 2. The molecule has 0 aromatic heterocycles. The maximum Gasteiger partial charge on any atom is 0.416 e. The highest BCUT2D eigenvalue weighted by Gasteiger charge is 2.30. The van der Waals surface area contributed by atoms with Crippen LogP contribution in [0.25, 0.3) is 0 Å². The van der Waals surface area contributed by atoms with Crippen molar-refractivity contribution < 1.29 is 32.2 Å². The van der Waals surface area contributed by atoms with E-state index in [9.17, 15) is 18.0 Å². The van der Waals surface area contributed by atoms with E-state index in [1.54, 1.807) is 26.0 Å². The number of anilines is 2. The Balaban J connectivity index is 2.23. The van der Waals surface area contributed by atoms with Crippen molar-refractivity contribution in [1.29, 1.82) is 0 Å². The number of hydrogen-bond acceptors (Lipinski definition) is 4. The number of ether oxygens (including phenoxy) is 3. The first-order valence-electron chi connectivity index (χ1n) is 9.10. The van der Waals surface area contributed by atoms with E-state index >= 15 is 0 Å². The van der Waals surface area contributed by atoms with E-state index in [0.29, 0.717) is 42.8 Å². The van der Waals surface area contributed by atoms with Crippen molar-refractivity contribution in [3.8, 4) is 17.2 Å². The summed E-state index contributed by atoms with van der Waals surface area (Å²) >= 11 is 0. The van der Waals surface area contributed by atoms with Gasteiger partial charge in [-0.1, -0.05) is 6.07 Å². The fourth-order valence-corrected chi connectivity index (χ4v) is 2.53. The first-order chi connectivity index (χ1) is 13.8. The molecule has 0 aliphatic heterocycles. The largest absolute Gasteiger partial charge is 0.490 e. The Morgan fingerprint density at radius 3 is 1.93 bits per heavy atom. The molecule has 0 saturated heterocycles. The highest BCUT2D eigenvalue weighted by molar-refractivity contribution is 6.00. The first kappa shape index (κ1) is 22.2. The lowest BCUT2D eigenvalue weighted by molar-refractivity contribution is -0.137. The zero-order chi connectivity index (χ0) is 21.4. The number of carbonyl (C=O) groups excluding carboxylic acids is 1. The lowest BCUT2D eigenvalue weighted by Crippen LogP contribution is -2.20. The summed E-state index contributed by atoms with van der Waals surface area (Å²) in [6.45, 7) is 6.55. The SMILES string of the molecule is CCOc1cc(NC(=O)Nc2cccc(C(F)(F)F)c2)cc(OCC)c1OCC. The molecule has 0 aliphatic rings. The first-order valence-corrected chi connectivity index (χ1v) is 9.10. The number of rotatable bonds is 8. The zero-order valence-electron chi connectivity index (χ0n) is 16.4. The molecule has 0 heterocycles. The van der Waals surface area contributed by atoms with E-state index in [0.717, 1.165) is 12.1 Å². The normalized spacial score (nSPS) is 11.0. The third kappa shape index (κ3) is 6.20. The van der Waals surface area contributed by atoms with Crippen LogP contribution in [0.5, 0.6) is 17.2 Å². The molecule has 0 bridgehead atoms. The second kappa shape index (κ2) is 9.90. The van der Waals surface area contributed by atoms with Crippen LogP contribution in [0.15, 0.2) is 36.4 Å². The van der Waals surface area contributed by atoms with Crippen LogP contribution in [0.1, 0.15) is 26.3 Å². The van der Waals surface area contributed by atoms with Crippen LogP contribution >= 0.6 is 0 Å². The van der Waals surface area contributed by atoms with Gasteiger partial charge in [0, 0.05) is 17.8 Å². The summed E-state index contributed by atoms with van der Waals surface area (Å²) in [6, 6.07) is 6.77. The summed E-state index contributed by atoms with van der Waals surface area (Å²) < 4.78 is 55.2. The summed E-state index contributed by atoms with van der Waals surface area (Å²) in [5.41, 5.74) is -0.503. The van der Waals surface area contributed by atoms with Gasteiger partial charge in [-0.2, -0.15) is 13.2 Å². The fraction of sp³-hybridized carbons (Fsp3) is 0.350. The van der Waals surface area contributed by atoms with Gasteiger partial charge in [0.25, 0.3) is 0 Å². The molecule has 2 rings (SSSR count). The molecule has 2 aromatic carbocycles. The van der Waals surface area contributed by atoms with Crippen LogP contribution in [0.4, 0.5) is 29.3 Å². The molecule has 0 fully saturated rings. The van der Waals surface area contributed by atoms with E-state index < -0.39 is 17.8 Å². The zero-order valence-corrected chi connectivity index (χ0v) is 16.4. The van der Waals surface area contributed by atoms with Gasteiger partial charge in [-0.3, -0.25) is 0 Å². The molecule has 0 saturated carbocycles. The van der Waals surface area contributed by atoms with Crippen LogP contribution in [0, 0.1) is 0 Å². The van der Waals surface area contributed by atoms with Crippen molar-refractivity contribution in [3.05, 3.63) is 42.0 Å². The monoisotopic (exact) mass is 412 g/mol. The minimum absolute atomic E-state index is 0.0123. The number of alkyl halides is 3. The average molecular weight is 412 g/mol. The van der Waals surface area contributed by atoms with Gasteiger partial charge in [0.2, 0.25) is 5.75 Å². The fourth-order valence-electron chi connectivity index (χ4n) is 2.53. The smallest absolute Gasteiger partial charge is 0.416 e. The highest BCUT2D eigenvalue weighted by atomic mass is 19.4. The Hall–Kier alpha value is -3.10. The van der Waals surface area contributed by atoms with Gasteiger partial charge in [-0.15, -0.1) is 0 Å². The van der Waals surface area contributed by atoms with Crippen molar-refractivity contribution >= 4 is 17.4 Å². The Bertz CT molecular complexity index is 814. The van der Waals surface area contributed by atoms with E-state index in [1.165, 1.54) is 12.1 Å². The molecule has 2 amide bonds. The minimum Gasteiger partial charge on any atom is -0.490 e. The lowest BCUT2D eigenvalue weighted by atomic mass is 10.2. The third-order valence-electron chi connectivity index (χ3n) is 3.61. The van der Waals surface area contributed by atoms with E-state index in [4.69, 9.17) is 14.2 Å². The van der Waals surface area contributed by atoms with E-state index in [1.807, 2.05) is 6.92 Å². The second-order valence-electron chi connectivity index (χ2n) is 5.76. The van der Waals surface area contributed by atoms with Crippen LogP contribution in [0.3, 0.4) is 0 Å². The van der Waals surface area contributed by atoms with Gasteiger partial charge >= 0.3 is 12.2 Å². The topological polar surface area (TPSA) is 68.8 Å². The van der Waals surface area contributed by atoms with Gasteiger partial charge < -0.3 is 24.8 Å². The number of urea groups is 1. The highest BCUT2D eigenvalue weighted by Crippen LogP contribution is 2.41. The quantitative estimate of drug-likeness (QED) is 0.597. The summed E-state index contributed by atoms with van der Waals surface area (Å²) in [7, 11) is 0. The Morgan fingerprint density at radius 2 is 1.41 bits per heavy atom. The van der Waals surface area contributed by atoms with Gasteiger partial charge in [-0.25, -0.2) is 4.79 Å². The number of amides is 2. The molecule has 2 N–H and O–H groups in total. The van der Waals surface area contributed by atoms with Gasteiger partial charge in [-0.05, 0) is 39.0 Å². The number of hydrogen-bond donors (Lipinski definition) is 2. The van der Waals surface area contributed by atoms with Crippen molar-refractivity contribution in [2.45, 2.75) is 26.9 Å². The molecule has 0 aliphatic carbocycles. The van der Waals surface area contributed by atoms with E-state index in [2.05, 4.69) is 10.6 Å². The third-order valence-corrected chi connectivity index (χ3v) is 3.61. The van der Waals surface area contributed by atoms with Crippen LogP contribution in [-0.4, -0.2) is 25.9 Å². The maximum absolute atomic E-state index is 12.8. The Labute approximate surface area is 167 Å². The maximum atomic E-state index is 12.8. The van der Waals surface area contributed by atoms with Gasteiger partial charge in [0.05, 0.1) is 31.1 Å². The van der Waals surface area contributed by atoms with Gasteiger partial charge in [0.15, 0.2) is 11.5 Å². The van der Waals surface area contributed by atoms with Crippen LogP contribution in [0.2, 0.25) is 0 Å². The molecule has 0 atom stereocenters. The van der Waals surface area contributed by atoms with Crippen molar-refractivity contribution in [1.82, 2.24) is 0 Å². The van der Waals surface area contributed by atoms with Crippen LogP contribution in [-0.2, 0) is 6.18 Å². The summed E-state index contributed by atoms with van der Waals surface area (Å²) in [5, 5.41) is 4.95. The van der Waals surface area contributed by atoms with Gasteiger partial charge in [0.1, 0.15) is 0 Å². The molecule has 0 radical (unpaired) electrons. The van der Waals surface area contributed by atoms with Crippen molar-refractivity contribution in [2.75, 3.05) is 30.5 Å². The molecule has 29 heavy (non-hydrogen) atoms. The van der Waals surface area contributed by atoms with Crippen molar-refractivity contribution in [2.24, 2.45) is 0 Å². The lowest BCUT2D eigenvalue weighted by Gasteiger charge is -2.17. The standard InChI is InChI=1S/C20H23F3N2O4/c1-4-27-16-11-15(12-17(28-5-2)18(16)29-6-3)25-19(26)24-14-9-7-8-13(10-14)20(21,22)23/h7-12H,4-6H2,1-3H3,(H2,24,25,26). The Kier molecular flexibility index (Phi) is 7.58. The average Bonchev–Trinajstić information content (AvgIpc) is 2.64. The number of nitrogens with one attached hydrogen (secondary N) is 2. The molecule has 2 aromatic rings. The second-order valence-corrected chi connectivity index (χ2v) is 5.76. The minimum atomic E-state index is -4.50. The summed E-state index contributed by atoms with van der Waals surface area (Å²) in [5.74, 6) is 1.18. The molecule has 0 spiro atoms. The summed E-state index contributed by atoms with van der Waals surface area (Å²) in [4.78, 5) is 12.3. The Morgan fingerprint density at radius 1 is 0.862 bits per heavy atom. The molecule has 158 valence electrons. The molecule has 6 nitrogen and oxygen atoms in total. The number of halogens is 3. The van der Waals surface area contributed by atoms with E-state index in [-0.39, 0.29) is 5.69 Å². The van der Waals surface area contributed by atoms with Crippen LogP contribution < -0.4 is 24.8 Å². The molecule has 0 unspecified atom stereocenters. The number of carbonyl (C=O) groups is 1. The van der Waals surface area contributed by atoms with Crippen molar-refractivity contribution in [3.63, 3.8) is 0 Å². The predicted molar refractivity (Wildman–Crippen MR) is 104 cm³/mol. The molecule has 9 heteroatoms.